The Morgan fingerprint density at radius 3 is 2.43 bits per heavy atom. The van der Waals surface area contributed by atoms with Crippen molar-refractivity contribution in [3.05, 3.63) is 59.0 Å². The van der Waals surface area contributed by atoms with Crippen LogP contribution in [0.1, 0.15) is 22.6 Å². The molecule has 0 atom stereocenters. The lowest BCUT2D eigenvalue weighted by Gasteiger charge is -2.34. The Labute approximate surface area is 165 Å². The molecule has 1 aromatic heterocycles. The van der Waals surface area contributed by atoms with E-state index < -0.39 is 0 Å². The minimum atomic E-state index is -0.0398. The van der Waals surface area contributed by atoms with Gasteiger partial charge in [0.1, 0.15) is 5.52 Å². The number of hydrogen-bond acceptors (Lipinski definition) is 4. The van der Waals surface area contributed by atoms with Gasteiger partial charge in [-0.3, -0.25) is 4.90 Å². The smallest absolute Gasteiger partial charge is 0.321 e. The third kappa shape index (κ3) is 4.17. The molecule has 146 valence electrons. The third-order valence-electron chi connectivity index (χ3n) is 5.08. The van der Waals surface area contributed by atoms with Gasteiger partial charge < -0.3 is 14.6 Å². The first-order valence-electron chi connectivity index (χ1n) is 9.69. The fraction of sp³-hybridized carbons (Fsp3) is 0.364. The van der Waals surface area contributed by atoms with Gasteiger partial charge in [-0.15, -0.1) is 0 Å². The lowest BCUT2D eigenvalue weighted by Crippen LogP contribution is -2.49. The van der Waals surface area contributed by atoms with E-state index in [0.29, 0.717) is 19.6 Å². The lowest BCUT2D eigenvalue weighted by molar-refractivity contribution is 0.136. The molecular weight excluding hydrogens is 352 g/mol. The summed E-state index contributed by atoms with van der Waals surface area (Å²) >= 11 is 0. The number of aryl methyl sites for hydroxylation is 3. The van der Waals surface area contributed by atoms with Gasteiger partial charge in [0.15, 0.2) is 5.58 Å². The van der Waals surface area contributed by atoms with Gasteiger partial charge in [0.05, 0.1) is 6.54 Å². The first kappa shape index (κ1) is 18.5. The number of rotatable bonds is 3. The van der Waals surface area contributed by atoms with Gasteiger partial charge in [-0.25, -0.2) is 9.78 Å². The summed E-state index contributed by atoms with van der Waals surface area (Å²) in [5.74, 6) is 0.730. The summed E-state index contributed by atoms with van der Waals surface area (Å²) in [5.41, 5.74) is 6.04. The minimum absolute atomic E-state index is 0.0398. The highest BCUT2D eigenvalue weighted by Crippen LogP contribution is 2.19. The predicted octanol–water partition coefficient (Wildman–Crippen LogP) is 4.10. The van der Waals surface area contributed by atoms with Gasteiger partial charge in [-0.1, -0.05) is 12.1 Å². The fourth-order valence-electron chi connectivity index (χ4n) is 3.70. The van der Waals surface area contributed by atoms with Crippen LogP contribution in [0.5, 0.6) is 0 Å². The molecule has 0 bridgehead atoms. The average molecular weight is 378 g/mol. The van der Waals surface area contributed by atoms with Crippen molar-refractivity contribution in [1.82, 2.24) is 14.8 Å². The van der Waals surface area contributed by atoms with Gasteiger partial charge in [-0.2, -0.15) is 0 Å². The molecular formula is C22H26N4O2. The Morgan fingerprint density at radius 1 is 1.00 bits per heavy atom. The molecule has 0 spiro atoms. The molecule has 1 saturated heterocycles. The molecule has 0 radical (unpaired) electrons. The number of nitrogens with one attached hydrogen (secondary N) is 1. The quantitative estimate of drug-likeness (QED) is 0.745. The molecule has 0 aliphatic carbocycles. The lowest BCUT2D eigenvalue weighted by atomic mass is 10.1. The zero-order valence-corrected chi connectivity index (χ0v) is 16.7. The van der Waals surface area contributed by atoms with Crippen LogP contribution in [0.3, 0.4) is 0 Å². The SMILES string of the molecule is Cc1cc(C)cc(NC(=O)N2CCN(Cc3nc4ccc(C)cc4o3)CC2)c1. The molecule has 6 heteroatoms. The molecule has 28 heavy (non-hydrogen) atoms. The van der Waals surface area contributed by atoms with Crippen molar-refractivity contribution in [2.24, 2.45) is 0 Å². The maximum atomic E-state index is 12.6. The number of hydrogen-bond donors (Lipinski definition) is 1. The highest BCUT2D eigenvalue weighted by Gasteiger charge is 2.22. The van der Waals surface area contributed by atoms with Crippen molar-refractivity contribution < 1.29 is 9.21 Å². The molecule has 1 aliphatic heterocycles. The van der Waals surface area contributed by atoms with Crippen LogP contribution in [0.4, 0.5) is 10.5 Å². The Bertz CT molecular complexity index is 983. The summed E-state index contributed by atoms with van der Waals surface area (Å²) in [6, 6.07) is 12.1. The average Bonchev–Trinajstić information content (AvgIpc) is 3.02. The number of oxazole rings is 1. The monoisotopic (exact) mass is 378 g/mol. The first-order chi connectivity index (χ1) is 13.5. The number of benzene rings is 2. The number of nitrogens with zero attached hydrogens (tertiary/aromatic N) is 3. The van der Waals surface area contributed by atoms with Crippen molar-refractivity contribution in [2.45, 2.75) is 27.3 Å². The Hall–Kier alpha value is -2.86. The molecule has 4 rings (SSSR count). The van der Waals surface area contributed by atoms with Crippen LogP contribution in [-0.4, -0.2) is 47.0 Å². The maximum absolute atomic E-state index is 12.6. The molecule has 0 saturated carbocycles. The normalized spacial score (nSPS) is 15.2. The largest absolute Gasteiger partial charge is 0.439 e. The number of carbonyl (C=O) groups excluding carboxylic acids is 1. The van der Waals surface area contributed by atoms with E-state index in [1.54, 1.807) is 0 Å². The molecule has 1 N–H and O–H groups in total. The van der Waals surface area contributed by atoms with E-state index in [1.165, 1.54) is 5.56 Å². The highest BCUT2D eigenvalue weighted by molar-refractivity contribution is 5.89. The van der Waals surface area contributed by atoms with E-state index in [4.69, 9.17) is 4.42 Å². The second-order valence-electron chi connectivity index (χ2n) is 7.65. The van der Waals surface area contributed by atoms with Gasteiger partial charge in [0.25, 0.3) is 0 Å². The number of urea groups is 1. The van der Waals surface area contributed by atoms with E-state index in [2.05, 4.69) is 21.3 Å². The third-order valence-corrected chi connectivity index (χ3v) is 5.08. The molecule has 2 amide bonds. The first-order valence-corrected chi connectivity index (χ1v) is 9.69. The number of fused-ring (bicyclic) bond motifs is 1. The maximum Gasteiger partial charge on any atom is 0.321 e. The molecule has 3 aromatic rings. The van der Waals surface area contributed by atoms with Crippen LogP contribution >= 0.6 is 0 Å². The van der Waals surface area contributed by atoms with Gasteiger partial charge in [0.2, 0.25) is 5.89 Å². The second kappa shape index (κ2) is 7.64. The van der Waals surface area contributed by atoms with Gasteiger partial charge in [0, 0.05) is 31.9 Å². The van der Waals surface area contributed by atoms with Crippen molar-refractivity contribution in [3.8, 4) is 0 Å². The van der Waals surface area contributed by atoms with Crippen LogP contribution < -0.4 is 5.32 Å². The fourth-order valence-corrected chi connectivity index (χ4v) is 3.70. The zero-order valence-electron chi connectivity index (χ0n) is 16.7. The molecule has 2 heterocycles. The molecule has 1 fully saturated rings. The van der Waals surface area contributed by atoms with E-state index in [9.17, 15) is 4.79 Å². The number of anilines is 1. The summed E-state index contributed by atoms with van der Waals surface area (Å²) in [6.45, 7) is 9.77. The second-order valence-corrected chi connectivity index (χ2v) is 7.65. The summed E-state index contributed by atoms with van der Waals surface area (Å²) in [4.78, 5) is 21.3. The van der Waals surface area contributed by atoms with Crippen LogP contribution in [-0.2, 0) is 6.54 Å². The van der Waals surface area contributed by atoms with Crippen molar-refractivity contribution in [3.63, 3.8) is 0 Å². The number of amides is 2. The summed E-state index contributed by atoms with van der Waals surface area (Å²) in [7, 11) is 0. The van der Waals surface area contributed by atoms with E-state index in [0.717, 1.165) is 46.9 Å². The number of piperazine rings is 1. The van der Waals surface area contributed by atoms with Crippen molar-refractivity contribution >= 4 is 22.8 Å². The molecule has 0 unspecified atom stereocenters. The molecule has 6 nitrogen and oxygen atoms in total. The van der Waals surface area contributed by atoms with Crippen LogP contribution in [0, 0.1) is 20.8 Å². The zero-order chi connectivity index (χ0) is 19.7. The van der Waals surface area contributed by atoms with Crippen molar-refractivity contribution in [2.75, 3.05) is 31.5 Å². The minimum Gasteiger partial charge on any atom is -0.439 e. The van der Waals surface area contributed by atoms with Crippen molar-refractivity contribution in [1.29, 1.82) is 0 Å². The predicted molar refractivity (Wildman–Crippen MR) is 111 cm³/mol. The van der Waals surface area contributed by atoms with Crippen LogP contribution in [0.2, 0.25) is 0 Å². The Balaban J connectivity index is 1.32. The van der Waals surface area contributed by atoms with E-state index in [1.807, 2.05) is 56.0 Å². The highest BCUT2D eigenvalue weighted by atomic mass is 16.3. The topological polar surface area (TPSA) is 61.6 Å². The summed E-state index contributed by atoms with van der Waals surface area (Å²) in [6.07, 6.45) is 0. The number of carbonyl (C=O) groups is 1. The molecule has 1 aliphatic rings. The van der Waals surface area contributed by atoms with E-state index >= 15 is 0 Å². The van der Waals surface area contributed by atoms with E-state index in [-0.39, 0.29) is 6.03 Å². The Kier molecular flexibility index (Phi) is 5.05. The standard InChI is InChI=1S/C22H26N4O2/c1-15-4-5-19-20(13-15)28-21(24-19)14-25-6-8-26(9-7-25)22(27)23-18-11-16(2)10-17(3)12-18/h4-5,10-13H,6-9,14H2,1-3H3,(H,23,27). The summed E-state index contributed by atoms with van der Waals surface area (Å²) < 4.78 is 5.88. The van der Waals surface area contributed by atoms with Gasteiger partial charge >= 0.3 is 6.03 Å². The van der Waals surface area contributed by atoms with Crippen LogP contribution in [0.25, 0.3) is 11.1 Å². The summed E-state index contributed by atoms with van der Waals surface area (Å²) in [5, 5.41) is 3.02. The number of aromatic nitrogens is 1. The molecule has 2 aromatic carbocycles. The van der Waals surface area contributed by atoms with Crippen LogP contribution in [0.15, 0.2) is 40.8 Å². The Morgan fingerprint density at radius 2 is 1.71 bits per heavy atom. The van der Waals surface area contributed by atoms with Gasteiger partial charge in [-0.05, 0) is 61.7 Å².